The molecule has 0 saturated carbocycles. The summed E-state index contributed by atoms with van der Waals surface area (Å²) in [5, 5.41) is 0.897. The van der Waals surface area contributed by atoms with Crippen molar-refractivity contribution >= 4 is 37.5 Å². The third-order valence-electron chi connectivity index (χ3n) is 3.79. The quantitative estimate of drug-likeness (QED) is 0.739. The van der Waals surface area contributed by atoms with Crippen molar-refractivity contribution in [1.82, 2.24) is 4.90 Å². The molecule has 0 aromatic heterocycles. The molecule has 18 heavy (non-hydrogen) atoms. The van der Waals surface area contributed by atoms with Gasteiger partial charge in [-0.3, -0.25) is 4.90 Å². The highest BCUT2D eigenvalue weighted by Crippen LogP contribution is 2.27. The van der Waals surface area contributed by atoms with Crippen molar-refractivity contribution in [2.24, 2.45) is 0 Å². The van der Waals surface area contributed by atoms with Gasteiger partial charge in [0.1, 0.15) is 0 Å². The van der Waals surface area contributed by atoms with Crippen LogP contribution in [0.15, 0.2) is 22.7 Å². The summed E-state index contributed by atoms with van der Waals surface area (Å²) in [7, 11) is 2.23. The number of rotatable bonds is 3. The van der Waals surface area contributed by atoms with E-state index in [2.05, 4.69) is 73.8 Å². The maximum absolute atomic E-state index is 3.65. The van der Waals surface area contributed by atoms with E-state index in [4.69, 9.17) is 0 Å². The van der Waals surface area contributed by atoms with Crippen LogP contribution in [0.5, 0.6) is 0 Å². The molecule has 1 atom stereocenters. The van der Waals surface area contributed by atoms with Gasteiger partial charge in [-0.05, 0) is 31.2 Å². The molecule has 0 amide bonds. The highest BCUT2D eigenvalue weighted by Gasteiger charge is 2.23. The molecule has 0 bridgehead atoms. The van der Waals surface area contributed by atoms with Crippen LogP contribution in [-0.2, 0) is 5.33 Å². The van der Waals surface area contributed by atoms with Crippen molar-refractivity contribution in [3.63, 3.8) is 0 Å². The average molecular weight is 376 g/mol. The largest absolute Gasteiger partial charge is 0.369 e. The van der Waals surface area contributed by atoms with E-state index in [1.54, 1.807) is 0 Å². The molecule has 4 heteroatoms. The zero-order valence-electron chi connectivity index (χ0n) is 11.0. The van der Waals surface area contributed by atoms with Crippen molar-refractivity contribution < 1.29 is 0 Å². The Balaban J connectivity index is 2.14. The first-order valence-corrected chi connectivity index (χ1v) is 8.36. The van der Waals surface area contributed by atoms with Gasteiger partial charge >= 0.3 is 0 Å². The topological polar surface area (TPSA) is 6.48 Å². The first-order chi connectivity index (χ1) is 8.65. The Morgan fingerprint density at radius 2 is 2.11 bits per heavy atom. The number of benzene rings is 1. The second kappa shape index (κ2) is 6.40. The van der Waals surface area contributed by atoms with E-state index in [-0.39, 0.29) is 0 Å². The molecule has 0 radical (unpaired) electrons. The summed E-state index contributed by atoms with van der Waals surface area (Å²) >= 11 is 7.16. The van der Waals surface area contributed by atoms with Crippen molar-refractivity contribution in [2.75, 3.05) is 31.6 Å². The van der Waals surface area contributed by atoms with Gasteiger partial charge in [-0.25, -0.2) is 0 Å². The van der Waals surface area contributed by atoms with Gasteiger partial charge in [0.2, 0.25) is 0 Å². The molecule has 0 N–H and O–H groups in total. The van der Waals surface area contributed by atoms with Crippen LogP contribution in [0.25, 0.3) is 0 Å². The van der Waals surface area contributed by atoms with Crippen LogP contribution in [0, 0.1) is 0 Å². The number of hydrogen-bond acceptors (Lipinski definition) is 2. The van der Waals surface area contributed by atoms with Gasteiger partial charge in [0.05, 0.1) is 0 Å². The summed E-state index contributed by atoms with van der Waals surface area (Å²) in [6, 6.07) is 7.36. The minimum atomic E-state index is 0.674. The van der Waals surface area contributed by atoms with Gasteiger partial charge in [0, 0.05) is 41.2 Å². The Morgan fingerprint density at radius 3 is 2.72 bits per heavy atom. The first kappa shape index (κ1) is 14.4. The number of halogens is 2. The number of nitrogens with zero attached hydrogens (tertiary/aromatic N) is 2. The minimum absolute atomic E-state index is 0.674. The van der Waals surface area contributed by atoms with Crippen LogP contribution in [0.1, 0.15) is 18.9 Å². The van der Waals surface area contributed by atoms with Crippen LogP contribution in [-0.4, -0.2) is 37.6 Å². The molecule has 1 unspecified atom stereocenters. The third kappa shape index (κ3) is 3.09. The number of piperazine rings is 1. The van der Waals surface area contributed by atoms with Crippen molar-refractivity contribution in [3.8, 4) is 0 Å². The number of anilines is 1. The number of alkyl halides is 1. The van der Waals surface area contributed by atoms with E-state index in [1.807, 2.05) is 0 Å². The fourth-order valence-electron chi connectivity index (χ4n) is 2.46. The van der Waals surface area contributed by atoms with Crippen molar-refractivity contribution in [3.05, 3.63) is 28.2 Å². The maximum Gasteiger partial charge on any atom is 0.0378 e. The summed E-state index contributed by atoms with van der Waals surface area (Å²) in [6.45, 7) is 5.67. The van der Waals surface area contributed by atoms with Crippen LogP contribution in [0.4, 0.5) is 5.69 Å². The normalized spacial score (nSPS) is 21.3. The predicted molar refractivity (Wildman–Crippen MR) is 85.7 cm³/mol. The maximum atomic E-state index is 3.65. The molecule has 1 aromatic rings. The van der Waals surface area contributed by atoms with Crippen LogP contribution in [0.2, 0.25) is 0 Å². The second-order valence-electron chi connectivity index (χ2n) is 4.90. The van der Waals surface area contributed by atoms with E-state index in [0.29, 0.717) is 6.04 Å². The zero-order chi connectivity index (χ0) is 13.1. The lowest BCUT2D eigenvalue weighted by molar-refractivity contribution is 0.213. The van der Waals surface area contributed by atoms with Crippen molar-refractivity contribution in [1.29, 1.82) is 0 Å². The summed E-state index contributed by atoms with van der Waals surface area (Å²) in [4.78, 5) is 4.97. The van der Waals surface area contributed by atoms with E-state index in [9.17, 15) is 0 Å². The summed E-state index contributed by atoms with van der Waals surface area (Å²) in [6.07, 6.45) is 1.22. The minimum Gasteiger partial charge on any atom is -0.369 e. The smallest absolute Gasteiger partial charge is 0.0378 e. The molecule has 100 valence electrons. The Labute approximate surface area is 127 Å². The predicted octanol–water partition coefficient (Wildman–Crippen LogP) is 3.87. The van der Waals surface area contributed by atoms with Gasteiger partial charge in [-0.2, -0.15) is 0 Å². The van der Waals surface area contributed by atoms with Gasteiger partial charge in [0.25, 0.3) is 0 Å². The molecule has 0 spiro atoms. The molecule has 1 fully saturated rings. The first-order valence-electron chi connectivity index (χ1n) is 6.45. The van der Waals surface area contributed by atoms with Gasteiger partial charge in [-0.1, -0.05) is 44.8 Å². The molecular weight excluding hydrogens is 356 g/mol. The Morgan fingerprint density at radius 1 is 1.33 bits per heavy atom. The molecule has 1 aromatic carbocycles. The zero-order valence-corrected chi connectivity index (χ0v) is 14.2. The monoisotopic (exact) mass is 374 g/mol. The van der Waals surface area contributed by atoms with Gasteiger partial charge in [-0.15, -0.1) is 0 Å². The van der Waals surface area contributed by atoms with Gasteiger partial charge in [0.15, 0.2) is 0 Å². The number of hydrogen-bond donors (Lipinski definition) is 0. The van der Waals surface area contributed by atoms with E-state index in [0.717, 1.165) is 25.0 Å². The molecule has 1 heterocycles. The molecular formula is C14H20Br2N2. The van der Waals surface area contributed by atoms with E-state index >= 15 is 0 Å². The lowest BCUT2D eigenvalue weighted by atomic mass is 10.1. The van der Waals surface area contributed by atoms with Crippen LogP contribution >= 0.6 is 31.9 Å². The number of likely N-dealkylation sites (N-methyl/N-ethyl adjacent to an activating group) is 1. The Bertz CT molecular complexity index is 409. The highest BCUT2D eigenvalue weighted by molar-refractivity contribution is 9.10. The van der Waals surface area contributed by atoms with Crippen LogP contribution in [0.3, 0.4) is 0 Å². The Kier molecular flexibility index (Phi) is 5.10. The summed E-state index contributed by atoms with van der Waals surface area (Å²) in [5.41, 5.74) is 2.64. The SMILES string of the molecule is CCC1CN(c2ccc(CBr)c(Br)c2)CCN1C. The lowest BCUT2D eigenvalue weighted by Crippen LogP contribution is -2.51. The van der Waals surface area contributed by atoms with E-state index in [1.165, 1.54) is 22.1 Å². The van der Waals surface area contributed by atoms with Crippen LogP contribution < -0.4 is 4.90 Å². The fourth-order valence-corrected chi connectivity index (χ4v) is 3.83. The second-order valence-corrected chi connectivity index (χ2v) is 6.31. The fraction of sp³-hybridized carbons (Fsp3) is 0.571. The Hall–Kier alpha value is -0.0600. The van der Waals surface area contributed by atoms with E-state index < -0.39 is 0 Å². The summed E-state index contributed by atoms with van der Waals surface area (Å²) in [5.74, 6) is 0. The molecule has 2 rings (SSSR count). The molecule has 1 aliphatic rings. The van der Waals surface area contributed by atoms with Gasteiger partial charge < -0.3 is 4.90 Å². The standard InChI is InChI=1S/C14H20Br2N2/c1-3-12-10-18(7-6-17(12)2)13-5-4-11(9-15)14(16)8-13/h4-5,8,12H,3,6-7,9-10H2,1-2H3. The highest BCUT2D eigenvalue weighted by atomic mass is 79.9. The summed E-state index contributed by atoms with van der Waals surface area (Å²) < 4.78 is 1.20. The average Bonchev–Trinajstić information content (AvgIpc) is 2.39. The molecule has 1 aliphatic heterocycles. The third-order valence-corrected chi connectivity index (χ3v) is 5.14. The molecule has 1 saturated heterocycles. The molecule has 2 nitrogen and oxygen atoms in total. The molecule has 0 aliphatic carbocycles. The van der Waals surface area contributed by atoms with Crippen molar-refractivity contribution in [2.45, 2.75) is 24.7 Å². The lowest BCUT2D eigenvalue weighted by Gasteiger charge is -2.40.